The Hall–Kier alpha value is -7.62. The van der Waals surface area contributed by atoms with Crippen molar-refractivity contribution >= 4 is 64.2 Å². The van der Waals surface area contributed by atoms with Gasteiger partial charge in [-0.15, -0.1) is 0 Å². The standard InChI is InChI=1S/C43H55N11O11/c1-22(2)36(43(64)65)54-42(63)32(17-26-20-46-21-48-26)52-40(61)31(16-25-19-47-29-12-8-7-11-27(25)29)51-41(62)33(18-35(56)57)53-39(60)30(13-14-34(45)55)50-37(58)23(3)49-38(59)28(44)15-24-9-5-4-6-10-24/h4-12,19-23,28,30-33,36,47H,13-18,44H2,1-3H3,(H2,45,55)(H,46,48)(H,49,59)(H,50,58)(H,51,62)(H,52,61)(H,53,60)(H,54,63)(H,56,57)(H,64,65)/t23-,28-,30-,31-,32-,33-,36-/m0/s1. The normalized spacial score (nSPS) is 14.4. The zero-order valence-electron chi connectivity index (χ0n) is 36.0. The third-order valence-electron chi connectivity index (χ3n) is 10.3. The molecule has 2 heterocycles. The zero-order chi connectivity index (χ0) is 47.8. The van der Waals surface area contributed by atoms with Crippen LogP contribution in [0, 0.1) is 5.92 Å². The van der Waals surface area contributed by atoms with Crippen molar-refractivity contribution in [2.75, 3.05) is 0 Å². The maximum Gasteiger partial charge on any atom is 0.326 e. The number of hydrogen-bond donors (Lipinski definition) is 12. The van der Waals surface area contributed by atoms with Gasteiger partial charge in [0.15, 0.2) is 0 Å². The van der Waals surface area contributed by atoms with Crippen LogP contribution in [0.4, 0.5) is 0 Å². The van der Waals surface area contributed by atoms with Crippen LogP contribution in [0.3, 0.4) is 0 Å². The van der Waals surface area contributed by atoms with Gasteiger partial charge in [-0.25, -0.2) is 9.78 Å². The Morgan fingerprint density at radius 2 is 1.25 bits per heavy atom. The van der Waals surface area contributed by atoms with E-state index in [4.69, 9.17) is 11.5 Å². The number of carbonyl (C=O) groups is 9. The highest BCUT2D eigenvalue weighted by molar-refractivity contribution is 5.98. The number of amides is 7. The number of benzene rings is 2. The number of imidazole rings is 1. The SMILES string of the molecule is CC(C)[C@H](NC(=O)[C@H](Cc1c[nH]cn1)NC(=O)[C@H](Cc1c[nH]c2ccccc12)NC(=O)[C@H](CC(=O)O)NC(=O)[C@H](CCC(N)=O)NC(=O)[C@H](C)NC(=O)[C@@H](N)Cc1ccccc1)C(=O)O. The molecule has 0 aliphatic heterocycles. The van der Waals surface area contributed by atoms with Crippen molar-refractivity contribution in [1.82, 2.24) is 46.9 Å². The maximum absolute atomic E-state index is 14.3. The van der Waals surface area contributed by atoms with Crippen molar-refractivity contribution in [2.24, 2.45) is 17.4 Å². The van der Waals surface area contributed by atoms with E-state index < -0.39 is 121 Å². The van der Waals surface area contributed by atoms with E-state index in [0.29, 0.717) is 22.2 Å². The molecule has 0 saturated carbocycles. The summed E-state index contributed by atoms with van der Waals surface area (Å²) in [6.45, 7) is 4.49. The van der Waals surface area contributed by atoms with E-state index in [0.717, 1.165) is 5.56 Å². The first-order valence-corrected chi connectivity index (χ1v) is 20.7. The number of carbonyl (C=O) groups excluding carboxylic acids is 7. The molecule has 7 atom stereocenters. The largest absolute Gasteiger partial charge is 0.481 e. The van der Waals surface area contributed by atoms with Gasteiger partial charge in [-0.3, -0.25) is 38.4 Å². The lowest BCUT2D eigenvalue weighted by molar-refractivity contribution is -0.143. The summed E-state index contributed by atoms with van der Waals surface area (Å²) in [5.41, 5.74) is 13.7. The van der Waals surface area contributed by atoms with Gasteiger partial charge in [0, 0.05) is 42.6 Å². The van der Waals surface area contributed by atoms with E-state index in [2.05, 4.69) is 46.9 Å². The minimum atomic E-state index is -1.88. The third-order valence-corrected chi connectivity index (χ3v) is 10.3. The lowest BCUT2D eigenvalue weighted by atomic mass is 10.0. The fourth-order valence-corrected chi connectivity index (χ4v) is 6.72. The number of para-hydroxylation sites is 1. The number of nitrogens with zero attached hydrogens (tertiary/aromatic N) is 1. The van der Waals surface area contributed by atoms with Crippen LogP contribution >= 0.6 is 0 Å². The molecule has 0 fully saturated rings. The first-order chi connectivity index (χ1) is 30.8. The summed E-state index contributed by atoms with van der Waals surface area (Å²) in [7, 11) is 0. The molecule has 0 radical (unpaired) electrons. The molecule has 7 amide bonds. The summed E-state index contributed by atoms with van der Waals surface area (Å²) < 4.78 is 0. The topological polar surface area (TPSA) is 363 Å². The number of carboxylic acid groups (broad SMARTS) is 2. The van der Waals surface area contributed by atoms with Gasteiger partial charge in [0.2, 0.25) is 41.4 Å². The second-order valence-corrected chi connectivity index (χ2v) is 15.8. The first kappa shape index (κ1) is 50.0. The minimum Gasteiger partial charge on any atom is -0.481 e. The predicted molar refractivity (Wildman–Crippen MR) is 233 cm³/mol. The summed E-state index contributed by atoms with van der Waals surface area (Å²) in [4.78, 5) is 128. The van der Waals surface area contributed by atoms with Gasteiger partial charge < -0.3 is 63.5 Å². The molecule has 14 N–H and O–H groups in total. The first-order valence-electron chi connectivity index (χ1n) is 20.7. The van der Waals surface area contributed by atoms with Crippen LogP contribution in [0.15, 0.2) is 73.3 Å². The average Bonchev–Trinajstić information content (AvgIpc) is 3.93. The van der Waals surface area contributed by atoms with E-state index in [1.54, 1.807) is 74.6 Å². The summed E-state index contributed by atoms with van der Waals surface area (Å²) in [5.74, 6) is -9.89. The number of nitrogens with two attached hydrogens (primary N) is 2. The Labute approximate surface area is 372 Å². The van der Waals surface area contributed by atoms with Gasteiger partial charge in [-0.05, 0) is 42.9 Å². The Morgan fingerprint density at radius 1 is 0.662 bits per heavy atom. The minimum absolute atomic E-state index is 0.161. The van der Waals surface area contributed by atoms with Gasteiger partial charge in [0.05, 0.1) is 24.5 Å². The second kappa shape index (κ2) is 23.7. The van der Waals surface area contributed by atoms with E-state index in [9.17, 15) is 53.4 Å². The number of aromatic amines is 2. The smallest absolute Gasteiger partial charge is 0.326 e. The van der Waals surface area contributed by atoms with Crippen LogP contribution in [0.25, 0.3) is 10.9 Å². The molecular weight excluding hydrogens is 847 g/mol. The number of fused-ring (bicyclic) bond motifs is 1. The second-order valence-electron chi connectivity index (χ2n) is 15.8. The fraction of sp³-hybridized carbons (Fsp3) is 0.395. The van der Waals surface area contributed by atoms with Crippen LogP contribution in [-0.4, -0.2) is 121 Å². The predicted octanol–water partition coefficient (Wildman–Crippen LogP) is -1.34. The maximum atomic E-state index is 14.3. The van der Waals surface area contributed by atoms with Crippen molar-refractivity contribution < 1.29 is 53.4 Å². The summed E-state index contributed by atoms with van der Waals surface area (Å²) in [6, 6.07) is 5.87. The number of carboxylic acids is 2. The number of primary amides is 1. The quantitative estimate of drug-likeness (QED) is 0.0367. The number of hydrogen-bond acceptors (Lipinski definition) is 11. The van der Waals surface area contributed by atoms with Crippen molar-refractivity contribution in [3.05, 3.63) is 90.1 Å². The molecule has 2 aromatic carbocycles. The summed E-state index contributed by atoms with van der Waals surface area (Å²) in [6.07, 6.45) is 2.27. The van der Waals surface area contributed by atoms with Crippen molar-refractivity contribution in [1.29, 1.82) is 0 Å². The third kappa shape index (κ3) is 15.3. The van der Waals surface area contributed by atoms with Gasteiger partial charge in [-0.2, -0.15) is 0 Å². The van der Waals surface area contributed by atoms with Crippen LogP contribution in [0.1, 0.15) is 56.9 Å². The summed E-state index contributed by atoms with van der Waals surface area (Å²) >= 11 is 0. The molecule has 22 nitrogen and oxygen atoms in total. The van der Waals surface area contributed by atoms with E-state index in [1.165, 1.54) is 19.4 Å². The van der Waals surface area contributed by atoms with Crippen LogP contribution in [0.2, 0.25) is 0 Å². The molecule has 0 unspecified atom stereocenters. The van der Waals surface area contributed by atoms with Crippen LogP contribution < -0.4 is 43.4 Å². The molecule has 0 saturated heterocycles. The van der Waals surface area contributed by atoms with Crippen LogP contribution in [0.5, 0.6) is 0 Å². The Balaban J connectivity index is 1.57. The molecule has 4 aromatic rings. The number of aliphatic carboxylic acids is 2. The van der Waals surface area contributed by atoms with Gasteiger partial charge >= 0.3 is 11.9 Å². The molecule has 0 bridgehead atoms. The molecule has 2 aromatic heterocycles. The van der Waals surface area contributed by atoms with Crippen molar-refractivity contribution in [2.45, 2.75) is 102 Å². The lowest BCUT2D eigenvalue weighted by Gasteiger charge is -2.27. The van der Waals surface area contributed by atoms with Crippen LogP contribution in [-0.2, 0) is 62.4 Å². The molecule has 0 aliphatic carbocycles. The van der Waals surface area contributed by atoms with E-state index >= 15 is 0 Å². The van der Waals surface area contributed by atoms with E-state index in [-0.39, 0.29) is 19.3 Å². The highest BCUT2D eigenvalue weighted by atomic mass is 16.4. The Bertz CT molecular complexity index is 2320. The number of nitrogens with one attached hydrogen (secondary N) is 8. The fourth-order valence-electron chi connectivity index (χ4n) is 6.72. The van der Waals surface area contributed by atoms with Crippen molar-refractivity contribution in [3.63, 3.8) is 0 Å². The van der Waals surface area contributed by atoms with Crippen molar-refractivity contribution in [3.8, 4) is 0 Å². The van der Waals surface area contributed by atoms with Gasteiger partial charge in [0.1, 0.15) is 36.3 Å². The lowest BCUT2D eigenvalue weighted by Crippen LogP contribution is -2.60. The van der Waals surface area contributed by atoms with E-state index in [1.807, 2.05) is 0 Å². The average molecular weight is 902 g/mol. The molecule has 65 heavy (non-hydrogen) atoms. The highest BCUT2D eigenvalue weighted by Crippen LogP contribution is 2.20. The molecule has 348 valence electrons. The Morgan fingerprint density at radius 3 is 1.86 bits per heavy atom. The molecule has 0 aliphatic rings. The monoisotopic (exact) mass is 901 g/mol. The van der Waals surface area contributed by atoms with Gasteiger partial charge in [0.25, 0.3) is 0 Å². The van der Waals surface area contributed by atoms with Gasteiger partial charge in [-0.1, -0.05) is 62.4 Å². The number of H-pyrrole nitrogens is 2. The molecule has 4 rings (SSSR count). The Kier molecular flexibility index (Phi) is 18.3. The molecule has 22 heteroatoms. The number of aromatic nitrogens is 3. The zero-order valence-corrected chi connectivity index (χ0v) is 36.0. The molecule has 0 spiro atoms. The molecular formula is C43H55N11O11. The summed E-state index contributed by atoms with van der Waals surface area (Å²) in [5, 5.41) is 34.9. The highest BCUT2D eigenvalue weighted by Gasteiger charge is 2.35. The number of rotatable bonds is 25.